The molecule has 3 rings (SSSR count). The first-order valence-corrected chi connectivity index (χ1v) is 8.68. The highest BCUT2D eigenvalue weighted by Crippen LogP contribution is 2.36. The van der Waals surface area contributed by atoms with Crippen LogP contribution in [0.3, 0.4) is 0 Å². The van der Waals surface area contributed by atoms with Gasteiger partial charge in [0.05, 0.1) is 5.69 Å². The number of carbonyl (C=O) groups excluding carboxylic acids is 2. The molecule has 1 heterocycles. The molecule has 2 fully saturated rings. The number of anilines is 1. The Balaban J connectivity index is 1.97. The maximum Gasteiger partial charge on any atom is 0.253 e. The van der Waals surface area contributed by atoms with Crippen molar-refractivity contribution in [3.8, 4) is 0 Å². The van der Waals surface area contributed by atoms with Crippen molar-refractivity contribution in [2.75, 3.05) is 11.4 Å². The van der Waals surface area contributed by atoms with Gasteiger partial charge in [0.2, 0.25) is 5.91 Å². The molecule has 21 heavy (non-hydrogen) atoms. The first-order chi connectivity index (χ1) is 10.0. The fourth-order valence-electron chi connectivity index (χ4n) is 3.22. The molecule has 0 aromatic heterocycles. The Bertz CT molecular complexity index is 597. The van der Waals surface area contributed by atoms with Gasteiger partial charge in [-0.3, -0.25) is 14.5 Å². The van der Waals surface area contributed by atoms with Crippen LogP contribution in [-0.4, -0.2) is 23.9 Å². The number of carbonyl (C=O) groups is 2. The molecule has 2 aliphatic rings. The van der Waals surface area contributed by atoms with Gasteiger partial charge in [-0.15, -0.1) is 0 Å². The third kappa shape index (κ3) is 2.75. The molecule has 1 aromatic carbocycles. The molecule has 4 nitrogen and oxygen atoms in total. The van der Waals surface area contributed by atoms with Crippen molar-refractivity contribution in [3.63, 3.8) is 0 Å². The molecule has 1 aromatic rings. The van der Waals surface area contributed by atoms with Crippen LogP contribution in [0.4, 0.5) is 5.69 Å². The lowest BCUT2D eigenvalue weighted by Gasteiger charge is -2.44. The Morgan fingerprint density at radius 2 is 1.81 bits per heavy atom. The monoisotopic (exact) mass is 414 g/mol. The fourth-order valence-corrected chi connectivity index (χ4v) is 4.48. The molecule has 0 radical (unpaired) electrons. The summed E-state index contributed by atoms with van der Waals surface area (Å²) in [6.07, 6.45) is 4.58. The summed E-state index contributed by atoms with van der Waals surface area (Å²) >= 11 is 6.89. The lowest BCUT2D eigenvalue weighted by atomic mass is 9.79. The molecule has 2 amide bonds. The van der Waals surface area contributed by atoms with Gasteiger partial charge in [-0.1, -0.05) is 35.2 Å². The molecule has 1 N–H and O–H groups in total. The maximum absolute atomic E-state index is 13.0. The number of rotatable bonds is 1. The Morgan fingerprint density at radius 3 is 2.48 bits per heavy atom. The lowest BCUT2D eigenvalue weighted by Crippen LogP contribution is -2.67. The predicted molar refractivity (Wildman–Crippen MR) is 88.2 cm³/mol. The minimum Gasteiger partial charge on any atom is -0.340 e. The third-order valence-electron chi connectivity index (χ3n) is 4.24. The number of benzene rings is 1. The van der Waals surface area contributed by atoms with Crippen LogP contribution in [0.2, 0.25) is 0 Å². The molecule has 1 aliphatic carbocycles. The second kappa shape index (κ2) is 5.72. The Kier molecular flexibility index (Phi) is 4.10. The van der Waals surface area contributed by atoms with Crippen molar-refractivity contribution in [2.24, 2.45) is 0 Å². The van der Waals surface area contributed by atoms with E-state index in [0.717, 1.165) is 46.7 Å². The summed E-state index contributed by atoms with van der Waals surface area (Å²) in [5, 5.41) is 2.96. The topological polar surface area (TPSA) is 49.4 Å². The van der Waals surface area contributed by atoms with Crippen molar-refractivity contribution in [3.05, 3.63) is 27.1 Å². The minimum absolute atomic E-state index is 0.0184. The van der Waals surface area contributed by atoms with Crippen molar-refractivity contribution < 1.29 is 9.59 Å². The van der Waals surface area contributed by atoms with Crippen molar-refractivity contribution in [1.29, 1.82) is 0 Å². The summed E-state index contributed by atoms with van der Waals surface area (Å²) in [5.41, 5.74) is 0.0584. The molecule has 1 aliphatic heterocycles. The van der Waals surface area contributed by atoms with Gasteiger partial charge in [-0.2, -0.15) is 0 Å². The Morgan fingerprint density at radius 1 is 1.10 bits per heavy atom. The van der Waals surface area contributed by atoms with Crippen LogP contribution in [0.15, 0.2) is 27.1 Å². The van der Waals surface area contributed by atoms with E-state index < -0.39 is 5.54 Å². The third-order valence-corrected chi connectivity index (χ3v) is 5.37. The molecular weight excluding hydrogens is 400 g/mol. The van der Waals surface area contributed by atoms with Crippen LogP contribution in [0.1, 0.15) is 32.1 Å². The number of nitrogens with zero attached hydrogens (tertiary/aromatic N) is 1. The normalized spacial score (nSPS) is 21.5. The van der Waals surface area contributed by atoms with Gasteiger partial charge >= 0.3 is 0 Å². The van der Waals surface area contributed by atoms with Gasteiger partial charge in [0, 0.05) is 8.95 Å². The Hall–Kier alpha value is -0.880. The fraction of sp³-hybridized carbons (Fsp3) is 0.467. The van der Waals surface area contributed by atoms with E-state index in [2.05, 4.69) is 37.2 Å². The number of hydrogen-bond donors (Lipinski definition) is 1. The molecule has 0 bridgehead atoms. The Labute approximate surface area is 140 Å². The van der Waals surface area contributed by atoms with E-state index >= 15 is 0 Å². The van der Waals surface area contributed by atoms with E-state index in [9.17, 15) is 9.59 Å². The van der Waals surface area contributed by atoms with Gasteiger partial charge in [0.25, 0.3) is 5.91 Å². The van der Waals surface area contributed by atoms with Gasteiger partial charge in [0.1, 0.15) is 12.1 Å². The van der Waals surface area contributed by atoms with Gasteiger partial charge in [0.15, 0.2) is 0 Å². The number of nitrogens with one attached hydrogen (secondary N) is 1. The zero-order chi connectivity index (χ0) is 15.0. The molecular formula is C15H16Br2N2O2. The summed E-state index contributed by atoms with van der Waals surface area (Å²) < 4.78 is 1.74. The van der Waals surface area contributed by atoms with Crippen LogP contribution >= 0.6 is 31.9 Å². The summed E-state index contributed by atoms with van der Waals surface area (Å²) in [6, 6.07) is 5.64. The van der Waals surface area contributed by atoms with Crippen LogP contribution in [0.5, 0.6) is 0 Å². The first kappa shape index (κ1) is 15.0. The SMILES string of the molecule is O=C1CN(c2ccc(Br)cc2Br)C(=O)C2(CCCCC2)N1. The predicted octanol–water partition coefficient (Wildman–Crippen LogP) is 3.38. The average molecular weight is 416 g/mol. The summed E-state index contributed by atoms with van der Waals surface area (Å²) in [5.74, 6) is -0.0591. The summed E-state index contributed by atoms with van der Waals surface area (Å²) in [4.78, 5) is 26.7. The van der Waals surface area contributed by atoms with E-state index in [4.69, 9.17) is 0 Å². The zero-order valence-corrected chi connectivity index (χ0v) is 14.7. The standard InChI is InChI=1S/C15H16Br2N2O2/c16-10-4-5-12(11(17)8-10)19-9-13(20)18-15(14(19)21)6-2-1-3-7-15/h4-5,8H,1-3,6-7,9H2,(H,18,20). The van der Waals surface area contributed by atoms with E-state index in [0.29, 0.717) is 0 Å². The number of hydrogen-bond acceptors (Lipinski definition) is 2. The highest BCUT2D eigenvalue weighted by Gasteiger charge is 2.47. The van der Waals surface area contributed by atoms with E-state index in [-0.39, 0.29) is 18.4 Å². The second-order valence-corrected chi connectivity index (χ2v) is 7.45. The molecule has 1 saturated heterocycles. The van der Waals surface area contributed by atoms with Crippen LogP contribution in [0, 0.1) is 0 Å². The van der Waals surface area contributed by atoms with Gasteiger partial charge in [-0.05, 0) is 47.0 Å². The van der Waals surface area contributed by atoms with Crippen molar-refractivity contribution >= 4 is 49.4 Å². The van der Waals surface area contributed by atoms with Crippen LogP contribution in [-0.2, 0) is 9.59 Å². The van der Waals surface area contributed by atoms with Crippen molar-refractivity contribution in [2.45, 2.75) is 37.6 Å². The highest BCUT2D eigenvalue weighted by atomic mass is 79.9. The molecule has 0 atom stereocenters. The highest BCUT2D eigenvalue weighted by molar-refractivity contribution is 9.11. The number of piperazine rings is 1. The second-order valence-electron chi connectivity index (χ2n) is 5.68. The molecule has 1 spiro atoms. The molecule has 0 unspecified atom stereocenters. The van der Waals surface area contributed by atoms with E-state index in [1.54, 1.807) is 4.90 Å². The number of amides is 2. The van der Waals surface area contributed by atoms with Crippen molar-refractivity contribution in [1.82, 2.24) is 5.32 Å². The van der Waals surface area contributed by atoms with Gasteiger partial charge in [-0.25, -0.2) is 0 Å². The zero-order valence-electron chi connectivity index (χ0n) is 11.5. The van der Waals surface area contributed by atoms with E-state index in [1.165, 1.54) is 0 Å². The first-order valence-electron chi connectivity index (χ1n) is 7.10. The number of halogens is 2. The van der Waals surface area contributed by atoms with Crippen LogP contribution < -0.4 is 10.2 Å². The molecule has 112 valence electrons. The van der Waals surface area contributed by atoms with Gasteiger partial charge < -0.3 is 5.32 Å². The largest absolute Gasteiger partial charge is 0.340 e. The van der Waals surface area contributed by atoms with E-state index in [1.807, 2.05) is 18.2 Å². The average Bonchev–Trinajstić information content (AvgIpc) is 2.44. The summed E-state index contributed by atoms with van der Waals surface area (Å²) in [6.45, 7) is 0.0841. The smallest absolute Gasteiger partial charge is 0.253 e. The molecule has 1 saturated carbocycles. The minimum atomic E-state index is -0.694. The quantitative estimate of drug-likeness (QED) is 0.764. The maximum atomic E-state index is 13.0. The van der Waals surface area contributed by atoms with Crippen LogP contribution in [0.25, 0.3) is 0 Å². The summed E-state index contributed by atoms with van der Waals surface area (Å²) in [7, 11) is 0. The molecule has 6 heteroatoms. The lowest BCUT2D eigenvalue weighted by molar-refractivity contribution is -0.137.